The Bertz CT molecular complexity index is 360. The number of hydrogen-bond donors (Lipinski definition) is 0. The fourth-order valence-electron chi connectivity index (χ4n) is 1.96. The summed E-state index contributed by atoms with van der Waals surface area (Å²) < 4.78 is 5.34. The molecule has 0 radical (unpaired) electrons. The molecule has 0 aromatic heterocycles. The number of hydrogen-bond acceptors (Lipinski definition) is 1. The van der Waals surface area contributed by atoms with Crippen LogP contribution < -0.4 is 4.74 Å². The molecule has 1 aromatic carbocycles. The standard InChI is InChI=1S/C14H21BrO/c1-9-7-14(16-5)10(2)6-13(9)12(4)11(3)8-15/h6-7,11-12H,8H2,1-5H3. The third-order valence-electron chi connectivity index (χ3n) is 3.37. The molecule has 0 aliphatic heterocycles. The van der Waals surface area contributed by atoms with Gasteiger partial charge in [0.2, 0.25) is 0 Å². The summed E-state index contributed by atoms with van der Waals surface area (Å²) >= 11 is 3.56. The van der Waals surface area contributed by atoms with E-state index in [-0.39, 0.29) is 0 Å². The van der Waals surface area contributed by atoms with E-state index in [1.807, 2.05) is 0 Å². The third-order valence-corrected chi connectivity index (χ3v) is 4.39. The van der Waals surface area contributed by atoms with Gasteiger partial charge in [-0.1, -0.05) is 35.8 Å². The van der Waals surface area contributed by atoms with Crippen molar-refractivity contribution in [3.05, 3.63) is 28.8 Å². The molecule has 2 heteroatoms. The predicted octanol–water partition coefficient (Wildman–Crippen LogP) is 4.45. The lowest BCUT2D eigenvalue weighted by molar-refractivity contribution is 0.410. The van der Waals surface area contributed by atoms with Crippen molar-refractivity contribution in [2.75, 3.05) is 12.4 Å². The van der Waals surface area contributed by atoms with E-state index < -0.39 is 0 Å². The van der Waals surface area contributed by atoms with Crippen LogP contribution in [0.3, 0.4) is 0 Å². The van der Waals surface area contributed by atoms with Crippen LogP contribution >= 0.6 is 15.9 Å². The molecule has 2 atom stereocenters. The molecule has 90 valence electrons. The topological polar surface area (TPSA) is 9.23 Å². The monoisotopic (exact) mass is 284 g/mol. The van der Waals surface area contributed by atoms with E-state index in [1.165, 1.54) is 16.7 Å². The van der Waals surface area contributed by atoms with Crippen molar-refractivity contribution in [2.24, 2.45) is 5.92 Å². The van der Waals surface area contributed by atoms with Crippen LogP contribution in [0.5, 0.6) is 5.75 Å². The summed E-state index contributed by atoms with van der Waals surface area (Å²) in [5.74, 6) is 2.20. The van der Waals surface area contributed by atoms with Crippen LogP contribution in [0.25, 0.3) is 0 Å². The Balaban J connectivity index is 3.10. The summed E-state index contributed by atoms with van der Waals surface area (Å²) in [6, 6.07) is 4.40. The van der Waals surface area contributed by atoms with E-state index in [4.69, 9.17) is 4.74 Å². The number of aryl methyl sites for hydroxylation is 2. The molecule has 2 unspecified atom stereocenters. The molecular weight excluding hydrogens is 264 g/mol. The fraction of sp³-hybridized carbons (Fsp3) is 0.571. The Labute approximate surface area is 107 Å². The zero-order valence-electron chi connectivity index (χ0n) is 10.8. The predicted molar refractivity (Wildman–Crippen MR) is 73.8 cm³/mol. The average molecular weight is 285 g/mol. The highest BCUT2D eigenvalue weighted by atomic mass is 79.9. The molecular formula is C14H21BrO. The lowest BCUT2D eigenvalue weighted by Crippen LogP contribution is -2.09. The first-order chi connectivity index (χ1) is 7.51. The minimum Gasteiger partial charge on any atom is -0.496 e. The maximum absolute atomic E-state index is 5.34. The van der Waals surface area contributed by atoms with Crippen molar-refractivity contribution in [1.82, 2.24) is 0 Å². The highest BCUT2D eigenvalue weighted by Gasteiger charge is 2.16. The number of halogens is 1. The minimum absolute atomic E-state index is 0.573. The van der Waals surface area contributed by atoms with Gasteiger partial charge in [-0.15, -0.1) is 0 Å². The van der Waals surface area contributed by atoms with E-state index in [1.54, 1.807) is 7.11 Å². The maximum Gasteiger partial charge on any atom is 0.122 e. The number of methoxy groups -OCH3 is 1. The van der Waals surface area contributed by atoms with Crippen molar-refractivity contribution < 1.29 is 4.74 Å². The van der Waals surface area contributed by atoms with Crippen LogP contribution in [0.15, 0.2) is 12.1 Å². The van der Waals surface area contributed by atoms with Crippen molar-refractivity contribution in [3.8, 4) is 5.75 Å². The smallest absolute Gasteiger partial charge is 0.122 e. The highest BCUT2D eigenvalue weighted by molar-refractivity contribution is 9.09. The van der Waals surface area contributed by atoms with Crippen LogP contribution in [-0.4, -0.2) is 12.4 Å². The van der Waals surface area contributed by atoms with Crippen LogP contribution in [-0.2, 0) is 0 Å². The molecule has 0 saturated carbocycles. The molecule has 1 aromatic rings. The molecule has 0 spiro atoms. The summed E-state index contributed by atoms with van der Waals surface area (Å²) in [5, 5.41) is 1.04. The summed E-state index contributed by atoms with van der Waals surface area (Å²) in [6.07, 6.45) is 0. The molecule has 16 heavy (non-hydrogen) atoms. The Kier molecular flexibility index (Phi) is 4.85. The van der Waals surface area contributed by atoms with Crippen molar-refractivity contribution >= 4 is 15.9 Å². The Morgan fingerprint density at radius 3 is 2.31 bits per heavy atom. The second-order valence-electron chi connectivity index (χ2n) is 4.60. The van der Waals surface area contributed by atoms with Gasteiger partial charge in [-0.05, 0) is 48.4 Å². The lowest BCUT2D eigenvalue weighted by atomic mass is 9.86. The summed E-state index contributed by atoms with van der Waals surface area (Å²) in [6.45, 7) is 8.83. The third kappa shape index (κ3) is 2.79. The molecule has 0 heterocycles. The Morgan fingerprint density at radius 2 is 1.81 bits per heavy atom. The molecule has 1 rings (SSSR count). The zero-order chi connectivity index (χ0) is 12.3. The van der Waals surface area contributed by atoms with Crippen LogP contribution in [0.1, 0.15) is 36.5 Å². The second-order valence-corrected chi connectivity index (χ2v) is 5.25. The summed E-state index contributed by atoms with van der Waals surface area (Å²) in [5.41, 5.74) is 3.98. The van der Waals surface area contributed by atoms with E-state index in [0.717, 1.165) is 11.1 Å². The second kappa shape index (κ2) is 5.72. The van der Waals surface area contributed by atoms with Gasteiger partial charge in [-0.2, -0.15) is 0 Å². The van der Waals surface area contributed by atoms with Gasteiger partial charge in [0.15, 0.2) is 0 Å². The normalized spacial score (nSPS) is 14.6. The SMILES string of the molecule is COc1cc(C)c(C(C)C(C)CBr)cc1C. The maximum atomic E-state index is 5.34. The minimum atomic E-state index is 0.573. The number of rotatable bonds is 4. The number of alkyl halides is 1. The van der Waals surface area contributed by atoms with Crippen molar-refractivity contribution in [1.29, 1.82) is 0 Å². The molecule has 0 aliphatic carbocycles. The van der Waals surface area contributed by atoms with Crippen molar-refractivity contribution in [2.45, 2.75) is 33.6 Å². The van der Waals surface area contributed by atoms with Gasteiger partial charge in [-0.3, -0.25) is 0 Å². The zero-order valence-corrected chi connectivity index (χ0v) is 12.4. The Morgan fingerprint density at radius 1 is 1.19 bits per heavy atom. The molecule has 1 nitrogen and oxygen atoms in total. The highest BCUT2D eigenvalue weighted by Crippen LogP contribution is 2.32. The first kappa shape index (κ1) is 13.6. The van der Waals surface area contributed by atoms with Gasteiger partial charge in [0, 0.05) is 5.33 Å². The lowest BCUT2D eigenvalue weighted by Gasteiger charge is -2.21. The van der Waals surface area contributed by atoms with Gasteiger partial charge < -0.3 is 4.74 Å². The first-order valence-corrected chi connectivity index (χ1v) is 6.84. The van der Waals surface area contributed by atoms with Gasteiger partial charge in [-0.25, -0.2) is 0 Å². The van der Waals surface area contributed by atoms with Crippen LogP contribution in [0.2, 0.25) is 0 Å². The molecule has 0 bridgehead atoms. The fourth-order valence-corrected chi connectivity index (χ4v) is 2.52. The molecule has 0 amide bonds. The Hall–Kier alpha value is -0.500. The van der Waals surface area contributed by atoms with E-state index in [0.29, 0.717) is 11.8 Å². The molecule has 0 N–H and O–H groups in total. The van der Waals surface area contributed by atoms with Gasteiger partial charge in [0.25, 0.3) is 0 Å². The quantitative estimate of drug-likeness (QED) is 0.743. The van der Waals surface area contributed by atoms with E-state index in [9.17, 15) is 0 Å². The summed E-state index contributed by atoms with van der Waals surface area (Å²) in [7, 11) is 1.73. The number of ether oxygens (including phenoxy) is 1. The average Bonchev–Trinajstić information content (AvgIpc) is 2.29. The van der Waals surface area contributed by atoms with Crippen LogP contribution in [0, 0.1) is 19.8 Å². The van der Waals surface area contributed by atoms with Crippen LogP contribution in [0.4, 0.5) is 0 Å². The van der Waals surface area contributed by atoms with Crippen molar-refractivity contribution in [3.63, 3.8) is 0 Å². The largest absolute Gasteiger partial charge is 0.496 e. The number of benzene rings is 1. The van der Waals surface area contributed by atoms with Gasteiger partial charge >= 0.3 is 0 Å². The van der Waals surface area contributed by atoms with E-state index in [2.05, 4.69) is 55.8 Å². The molecule has 0 saturated heterocycles. The molecule has 0 aliphatic rings. The first-order valence-electron chi connectivity index (χ1n) is 5.72. The van der Waals surface area contributed by atoms with E-state index >= 15 is 0 Å². The summed E-state index contributed by atoms with van der Waals surface area (Å²) in [4.78, 5) is 0. The van der Waals surface area contributed by atoms with Gasteiger partial charge in [0.1, 0.15) is 5.75 Å². The molecule has 0 fully saturated rings. The van der Waals surface area contributed by atoms with Gasteiger partial charge in [0.05, 0.1) is 7.11 Å².